The third-order valence-electron chi connectivity index (χ3n) is 4.52. The van der Waals surface area contributed by atoms with Crippen molar-refractivity contribution in [2.75, 3.05) is 31.1 Å². The molecule has 0 bridgehead atoms. The van der Waals surface area contributed by atoms with Crippen molar-refractivity contribution in [1.82, 2.24) is 9.88 Å². The molecule has 2 aromatic carbocycles. The van der Waals surface area contributed by atoms with E-state index in [2.05, 4.69) is 9.88 Å². The number of nitrogens with zero attached hydrogens (tertiary/aromatic N) is 2. The number of para-hydroxylation sites is 2. The predicted molar refractivity (Wildman–Crippen MR) is 97.9 cm³/mol. The minimum Gasteiger partial charge on any atom is -0.367 e. The van der Waals surface area contributed by atoms with Crippen LogP contribution in [0.15, 0.2) is 54.6 Å². The number of aromatic nitrogens is 1. The summed E-state index contributed by atoms with van der Waals surface area (Å²) in [4.78, 5) is 20.1. The quantitative estimate of drug-likeness (QED) is 0.771. The molecule has 4 rings (SSSR count). The lowest BCUT2D eigenvalue weighted by Crippen LogP contribution is -2.49. The Balaban J connectivity index is 1.47. The molecule has 122 valence electrons. The number of H-pyrrole nitrogens is 1. The van der Waals surface area contributed by atoms with E-state index in [1.165, 1.54) is 0 Å². The Hall–Kier alpha value is -2.46. The number of piperazine rings is 1. The number of halogens is 1. The van der Waals surface area contributed by atoms with Crippen LogP contribution in [0, 0.1) is 0 Å². The van der Waals surface area contributed by atoms with Crippen molar-refractivity contribution < 1.29 is 4.79 Å². The zero-order valence-electron chi connectivity index (χ0n) is 13.2. The highest BCUT2D eigenvalue weighted by atomic mass is 35.5. The van der Waals surface area contributed by atoms with Crippen molar-refractivity contribution in [3.05, 3.63) is 65.3 Å². The fraction of sp³-hybridized carbons (Fsp3) is 0.211. The Bertz CT molecular complexity index is 848. The van der Waals surface area contributed by atoms with Gasteiger partial charge >= 0.3 is 0 Å². The van der Waals surface area contributed by atoms with Crippen LogP contribution in [0.2, 0.25) is 5.02 Å². The molecule has 1 aromatic heterocycles. The van der Waals surface area contributed by atoms with Crippen molar-refractivity contribution in [1.29, 1.82) is 0 Å². The van der Waals surface area contributed by atoms with Crippen molar-refractivity contribution in [2.45, 2.75) is 0 Å². The Morgan fingerprint density at radius 2 is 1.67 bits per heavy atom. The van der Waals surface area contributed by atoms with Gasteiger partial charge in [0.15, 0.2) is 0 Å². The molecule has 5 heteroatoms. The van der Waals surface area contributed by atoms with E-state index in [0.717, 1.165) is 34.7 Å². The van der Waals surface area contributed by atoms with Crippen LogP contribution in [0.3, 0.4) is 0 Å². The van der Waals surface area contributed by atoms with Crippen molar-refractivity contribution in [3.8, 4) is 0 Å². The highest BCUT2D eigenvalue weighted by molar-refractivity contribution is 6.33. The van der Waals surface area contributed by atoms with Crippen LogP contribution in [0.5, 0.6) is 0 Å². The summed E-state index contributed by atoms with van der Waals surface area (Å²) in [6.07, 6.45) is 0. The fourth-order valence-electron chi connectivity index (χ4n) is 3.22. The first-order valence-electron chi connectivity index (χ1n) is 8.09. The minimum absolute atomic E-state index is 0.0602. The van der Waals surface area contributed by atoms with Crippen LogP contribution in [-0.2, 0) is 0 Å². The number of carbonyl (C=O) groups excluding carboxylic acids is 1. The molecule has 4 nitrogen and oxygen atoms in total. The largest absolute Gasteiger partial charge is 0.367 e. The summed E-state index contributed by atoms with van der Waals surface area (Å²) >= 11 is 6.27. The molecule has 1 saturated heterocycles. The van der Waals surface area contributed by atoms with Crippen LogP contribution >= 0.6 is 11.6 Å². The zero-order valence-corrected chi connectivity index (χ0v) is 14.0. The first-order chi connectivity index (χ1) is 11.7. The summed E-state index contributed by atoms with van der Waals surface area (Å²) in [5.74, 6) is 0.0602. The average molecular weight is 340 g/mol. The van der Waals surface area contributed by atoms with Gasteiger partial charge < -0.3 is 14.8 Å². The number of fused-ring (bicyclic) bond motifs is 1. The van der Waals surface area contributed by atoms with Crippen molar-refractivity contribution >= 4 is 34.1 Å². The molecule has 0 aliphatic carbocycles. The zero-order chi connectivity index (χ0) is 16.5. The van der Waals surface area contributed by atoms with Gasteiger partial charge in [-0.25, -0.2) is 0 Å². The van der Waals surface area contributed by atoms with Crippen LogP contribution in [0.25, 0.3) is 10.9 Å². The summed E-state index contributed by atoms with van der Waals surface area (Å²) in [6.45, 7) is 2.96. The summed E-state index contributed by atoms with van der Waals surface area (Å²) in [5, 5.41) is 1.82. The molecular weight excluding hydrogens is 322 g/mol. The molecule has 0 spiro atoms. The maximum Gasteiger partial charge on any atom is 0.270 e. The Labute approximate surface area is 145 Å². The van der Waals surface area contributed by atoms with Gasteiger partial charge in [0, 0.05) is 37.1 Å². The maximum atomic E-state index is 12.7. The van der Waals surface area contributed by atoms with Crippen LogP contribution in [0.1, 0.15) is 10.5 Å². The summed E-state index contributed by atoms with van der Waals surface area (Å²) < 4.78 is 0. The van der Waals surface area contributed by atoms with Gasteiger partial charge in [-0.2, -0.15) is 0 Å². The second-order valence-electron chi connectivity index (χ2n) is 6.00. The van der Waals surface area contributed by atoms with Crippen LogP contribution in [0.4, 0.5) is 5.69 Å². The van der Waals surface area contributed by atoms with Gasteiger partial charge in [-0.15, -0.1) is 0 Å². The molecule has 1 aliphatic heterocycles. The molecular formula is C19H18ClN3O. The van der Waals surface area contributed by atoms with E-state index >= 15 is 0 Å². The molecule has 2 heterocycles. The van der Waals surface area contributed by atoms with E-state index in [0.29, 0.717) is 18.8 Å². The topological polar surface area (TPSA) is 39.3 Å². The molecule has 1 amide bonds. The van der Waals surface area contributed by atoms with E-state index in [1.807, 2.05) is 59.5 Å². The smallest absolute Gasteiger partial charge is 0.270 e. The molecule has 24 heavy (non-hydrogen) atoms. The first kappa shape index (κ1) is 15.1. The van der Waals surface area contributed by atoms with Crippen molar-refractivity contribution in [3.63, 3.8) is 0 Å². The minimum atomic E-state index is 0.0602. The lowest BCUT2D eigenvalue weighted by atomic mass is 10.2. The number of carbonyl (C=O) groups is 1. The molecule has 1 aliphatic rings. The molecule has 1 N–H and O–H groups in total. The number of aromatic amines is 1. The normalized spacial score (nSPS) is 15.0. The molecule has 0 saturated carbocycles. The van der Waals surface area contributed by atoms with Gasteiger partial charge in [-0.05, 0) is 24.3 Å². The number of rotatable bonds is 2. The van der Waals surface area contributed by atoms with E-state index in [4.69, 9.17) is 11.6 Å². The Morgan fingerprint density at radius 3 is 2.42 bits per heavy atom. The van der Waals surface area contributed by atoms with Gasteiger partial charge in [0.05, 0.1) is 10.7 Å². The third-order valence-corrected chi connectivity index (χ3v) is 4.84. The number of amides is 1. The number of nitrogens with one attached hydrogen (secondary N) is 1. The summed E-state index contributed by atoms with van der Waals surface area (Å²) in [5.41, 5.74) is 2.69. The lowest BCUT2D eigenvalue weighted by molar-refractivity contribution is 0.0742. The first-order valence-corrected chi connectivity index (χ1v) is 8.47. The van der Waals surface area contributed by atoms with E-state index in [9.17, 15) is 4.79 Å². The average Bonchev–Trinajstić information content (AvgIpc) is 3.06. The van der Waals surface area contributed by atoms with E-state index in [-0.39, 0.29) is 5.91 Å². The monoisotopic (exact) mass is 339 g/mol. The molecule has 3 aromatic rings. The second-order valence-corrected chi connectivity index (χ2v) is 6.41. The number of hydrogen-bond donors (Lipinski definition) is 1. The number of benzene rings is 2. The van der Waals surface area contributed by atoms with Gasteiger partial charge in [-0.3, -0.25) is 4.79 Å². The van der Waals surface area contributed by atoms with Gasteiger partial charge in [-0.1, -0.05) is 41.9 Å². The molecule has 0 unspecified atom stereocenters. The van der Waals surface area contributed by atoms with Crippen LogP contribution in [-0.4, -0.2) is 42.0 Å². The van der Waals surface area contributed by atoms with Crippen LogP contribution < -0.4 is 4.90 Å². The molecule has 0 radical (unpaired) electrons. The number of hydrogen-bond acceptors (Lipinski definition) is 2. The summed E-state index contributed by atoms with van der Waals surface area (Å²) in [7, 11) is 0. The predicted octanol–water partition coefficient (Wildman–Crippen LogP) is 3.78. The highest BCUT2D eigenvalue weighted by Gasteiger charge is 2.24. The lowest BCUT2D eigenvalue weighted by Gasteiger charge is -2.36. The van der Waals surface area contributed by atoms with Crippen molar-refractivity contribution in [2.24, 2.45) is 0 Å². The molecule has 1 fully saturated rings. The third kappa shape index (κ3) is 2.74. The fourth-order valence-corrected chi connectivity index (χ4v) is 3.47. The molecule has 0 atom stereocenters. The Morgan fingerprint density at radius 1 is 0.958 bits per heavy atom. The second kappa shape index (κ2) is 6.21. The maximum absolute atomic E-state index is 12.7. The van der Waals surface area contributed by atoms with Gasteiger partial charge in [0.2, 0.25) is 0 Å². The summed E-state index contributed by atoms with van der Waals surface area (Å²) in [6, 6.07) is 17.7. The Kier molecular flexibility index (Phi) is 3.90. The number of anilines is 1. The van der Waals surface area contributed by atoms with Gasteiger partial charge in [0.25, 0.3) is 5.91 Å². The SMILES string of the molecule is O=C(c1cc2ccccc2[nH]1)N1CCN(c2ccccc2Cl)CC1. The standard InChI is InChI=1S/C19H18ClN3O/c20-15-6-2-4-8-18(15)22-9-11-23(12-10-22)19(24)17-13-14-5-1-3-7-16(14)21-17/h1-8,13,21H,9-12H2. The van der Waals surface area contributed by atoms with Gasteiger partial charge in [0.1, 0.15) is 5.69 Å². The highest BCUT2D eigenvalue weighted by Crippen LogP contribution is 2.26. The van der Waals surface area contributed by atoms with E-state index in [1.54, 1.807) is 0 Å². The van der Waals surface area contributed by atoms with E-state index < -0.39 is 0 Å².